The van der Waals surface area contributed by atoms with Gasteiger partial charge in [0.05, 0.1) is 24.0 Å². The van der Waals surface area contributed by atoms with Crippen LogP contribution in [0.5, 0.6) is 0 Å². The van der Waals surface area contributed by atoms with Crippen molar-refractivity contribution in [1.29, 1.82) is 0 Å². The van der Waals surface area contributed by atoms with Crippen molar-refractivity contribution in [1.82, 2.24) is 14.9 Å². The number of rotatable bonds is 1. The Bertz CT molecular complexity index is 383. The van der Waals surface area contributed by atoms with E-state index in [0.717, 1.165) is 44.2 Å². The van der Waals surface area contributed by atoms with Crippen LogP contribution in [0.1, 0.15) is 23.9 Å². The third-order valence-corrected chi connectivity index (χ3v) is 4.13. The summed E-state index contributed by atoms with van der Waals surface area (Å²) in [4.78, 5) is 4.63. The average Bonchev–Trinajstić information content (AvgIpc) is 2.70. The van der Waals surface area contributed by atoms with E-state index in [4.69, 9.17) is 4.74 Å². The number of hydrogen-bond acceptors (Lipinski definition) is 4. The van der Waals surface area contributed by atoms with Gasteiger partial charge in [0, 0.05) is 18.9 Å². The van der Waals surface area contributed by atoms with Crippen LogP contribution in [-0.4, -0.2) is 35.1 Å². The number of nitrogens with zero attached hydrogens (tertiary/aromatic N) is 2. The Kier molecular flexibility index (Phi) is 2.91. The smallest absolute Gasteiger partial charge is 0.168 e. The summed E-state index contributed by atoms with van der Waals surface area (Å²) in [6.07, 6.45) is 1.10. The highest BCUT2D eigenvalue weighted by Crippen LogP contribution is 2.31. The molecule has 1 aromatic heterocycles. The lowest BCUT2D eigenvalue weighted by molar-refractivity contribution is 0.129. The summed E-state index contributed by atoms with van der Waals surface area (Å²) >= 11 is 1.86. The molecule has 1 unspecified atom stereocenters. The molecular weight excluding hydrogens is 222 g/mol. The lowest BCUT2D eigenvalue weighted by atomic mass is 10.2. The van der Waals surface area contributed by atoms with Gasteiger partial charge >= 0.3 is 0 Å². The molecule has 1 saturated heterocycles. The number of nitrogens with one attached hydrogen (secondary N) is 1. The molecular formula is C11H17N3OS. The van der Waals surface area contributed by atoms with Crippen molar-refractivity contribution in [2.24, 2.45) is 0 Å². The summed E-state index contributed by atoms with van der Waals surface area (Å²) in [6.45, 7) is 5.88. The molecule has 88 valence electrons. The molecule has 2 aliphatic heterocycles. The zero-order chi connectivity index (χ0) is 11.0. The van der Waals surface area contributed by atoms with E-state index in [-0.39, 0.29) is 0 Å². The minimum Gasteiger partial charge on any atom is -0.379 e. The van der Waals surface area contributed by atoms with E-state index in [1.54, 1.807) is 0 Å². The van der Waals surface area contributed by atoms with Crippen LogP contribution in [0.15, 0.2) is 5.16 Å². The summed E-state index contributed by atoms with van der Waals surface area (Å²) < 4.78 is 7.99. The molecule has 5 heteroatoms. The third-order valence-electron chi connectivity index (χ3n) is 3.17. The zero-order valence-corrected chi connectivity index (χ0v) is 10.3. The fraction of sp³-hybridized carbons (Fsp3) is 0.727. The Balaban J connectivity index is 1.92. The van der Waals surface area contributed by atoms with Crippen molar-refractivity contribution in [3.63, 3.8) is 0 Å². The molecule has 16 heavy (non-hydrogen) atoms. The van der Waals surface area contributed by atoms with Gasteiger partial charge in [0.2, 0.25) is 0 Å². The molecule has 0 amide bonds. The number of hydrogen-bond donors (Lipinski definition) is 1. The van der Waals surface area contributed by atoms with Crippen LogP contribution in [0.25, 0.3) is 0 Å². The number of aryl methyl sites for hydroxylation is 1. The van der Waals surface area contributed by atoms with Crippen LogP contribution in [0, 0.1) is 6.92 Å². The van der Waals surface area contributed by atoms with Gasteiger partial charge in [-0.15, -0.1) is 0 Å². The summed E-state index contributed by atoms with van der Waals surface area (Å²) in [5.74, 6) is 1.16. The first-order valence-electron chi connectivity index (χ1n) is 5.87. The number of fused-ring (bicyclic) bond motifs is 1. The van der Waals surface area contributed by atoms with E-state index in [0.29, 0.717) is 6.04 Å². The van der Waals surface area contributed by atoms with Gasteiger partial charge in [0.25, 0.3) is 0 Å². The predicted octanol–water partition coefficient (Wildman–Crippen LogP) is 1.35. The predicted molar refractivity (Wildman–Crippen MR) is 63.9 cm³/mol. The summed E-state index contributed by atoms with van der Waals surface area (Å²) in [5, 5.41) is 4.74. The van der Waals surface area contributed by atoms with Gasteiger partial charge in [-0.1, -0.05) is 11.8 Å². The fourth-order valence-electron chi connectivity index (χ4n) is 2.44. The lowest BCUT2D eigenvalue weighted by Crippen LogP contribution is -2.26. The Hall–Kier alpha value is -0.520. The number of ether oxygens (including phenoxy) is 1. The molecule has 1 N–H and O–H groups in total. The van der Waals surface area contributed by atoms with E-state index in [2.05, 4.69) is 21.8 Å². The highest BCUT2D eigenvalue weighted by molar-refractivity contribution is 7.99. The Labute approximate surface area is 99.8 Å². The second-order valence-corrected chi connectivity index (χ2v) is 5.36. The Morgan fingerprint density at radius 1 is 1.56 bits per heavy atom. The van der Waals surface area contributed by atoms with Crippen LogP contribution < -0.4 is 5.32 Å². The molecule has 2 aliphatic rings. The second-order valence-electron chi connectivity index (χ2n) is 4.30. The number of aromatic nitrogens is 2. The van der Waals surface area contributed by atoms with Crippen LogP contribution in [0.2, 0.25) is 0 Å². The minimum absolute atomic E-state index is 0.322. The fourth-order valence-corrected chi connectivity index (χ4v) is 3.44. The molecule has 0 aliphatic carbocycles. The Morgan fingerprint density at radius 3 is 3.44 bits per heavy atom. The standard InChI is InChI=1S/C11H17N3OS/c1-8-10(9-7-15-5-2-3-12-9)14-4-6-16-11(14)13-8/h9,12H,2-7H2,1H3. The monoisotopic (exact) mass is 239 g/mol. The van der Waals surface area contributed by atoms with Crippen molar-refractivity contribution >= 4 is 11.8 Å². The maximum Gasteiger partial charge on any atom is 0.168 e. The van der Waals surface area contributed by atoms with E-state index in [1.165, 1.54) is 10.9 Å². The van der Waals surface area contributed by atoms with E-state index in [9.17, 15) is 0 Å². The topological polar surface area (TPSA) is 39.1 Å². The maximum absolute atomic E-state index is 5.64. The molecule has 3 heterocycles. The summed E-state index contributed by atoms with van der Waals surface area (Å²) in [6, 6.07) is 0.322. The molecule has 1 aromatic rings. The van der Waals surface area contributed by atoms with Crippen molar-refractivity contribution in [2.75, 3.05) is 25.5 Å². The molecule has 0 saturated carbocycles. The summed E-state index contributed by atoms with van der Waals surface area (Å²) in [5.41, 5.74) is 2.49. The van der Waals surface area contributed by atoms with Crippen LogP contribution in [0.4, 0.5) is 0 Å². The molecule has 0 radical (unpaired) electrons. The summed E-state index contributed by atoms with van der Waals surface area (Å²) in [7, 11) is 0. The van der Waals surface area contributed by atoms with Crippen molar-refractivity contribution in [3.05, 3.63) is 11.4 Å². The Morgan fingerprint density at radius 2 is 2.50 bits per heavy atom. The van der Waals surface area contributed by atoms with Crippen molar-refractivity contribution in [2.45, 2.75) is 31.1 Å². The van der Waals surface area contributed by atoms with Crippen LogP contribution in [-0.2, 0) is 11.3 Å². The largest absolute Gasteiger partial charge is 0.379 e. The molecule has 0 bridgehead atoms. The highest BCUT2D eigenvalue weighted by atomic mass is 32.2. The molecule has 1 fully saturated rings. The van der Waals surface area contributed by atoms with E-state index >= 15 is 0 Å². The molecule has 0 aromatic carbocycles. The minimum atomic E-state index is 0.322. The van der Waals surface area contributed by atoms with Crippen molar-refractivity contribution < 1.29 is 4.74 Å². The normalized spacial score (nSPS) is 25.4. The van der Waals surface area contributed by atoms with Gasteiger partial charge in [-0.3, -0.25) is 0 Å². The van der Waals surface area contributed by atoms with Gasteiger partial charge in [-0.05, 0) is 19.9 Å². The SMILES string of the molecule is Cc1nc2n(c1C1COCCCN1)CCS2. The first-order valence-corrected chi connectivity index (χ1v) is 6.86. The number of thioether (sulfide) groups is 1. The maximum atomic E-state index is 5.64. The van der Waals surface area contributed by atoms with Gasteiger partial charge in [-0.25, -0.2) is 4.98 Å². The quantitative estimate of drug-likeness (QED) is 0.803. The highest BCUT2D eigenvalue weighted by Gasteiger charge is 2.26. The molecule has 3 rings (SSSR count). The lowest BCUT2D eigenvalue weighted by Gasteiger charge is -2.17. The van der Waals surface area contributed by atoms with Gasteiger partial charge in [0.15, 0.2) is 5.16 Å². The van der Waals surface area contributed by atoms with E-state index < -0.39 is 0 Å². The van der Waals surface area contributed by atoms with Gasteiger partial charge in [0.1, 0.15) is 0 Å². The second kappa shape index (κ2) is 4.39. The molecule has 1 atom stereocenters. The molecule has 0 spiro atoms. The average molecular weight is 239 g/mol. The van der Waals surface area contributed by atoms with Gasteiger partial charge in [-0.2, -0.15) is 0 Å². The molecule has 4 nitrogen and oxygen atoms in total. The first kappa shape index (κ1) is 10.6. The van der Waals surface area contributed by atoms with Crippen molar-refractivity contribution in [3.8, 4) is 0 Å². The third kappa shape index (κ3) is 1.77. The van der Waals surface area contributed by atoms with Crippen LogP contribution in [0.3, 0.4) is 0 Å². The van der Waals surface area contributed by atoms with Gasteiger partial charge < -0.3 is 14.6 Å². The van der Waals surface area contributed by atoms with E-state index in [1.807, 2.05) is 11.8 Å². The first-order chi connectivity index (χ1) is 7.86. The zero-order valence-electron chi connectivity index (χ0n) is 9.53. The number of imidazole rings is 1. The van der Waals surface area contributed by atoms with Crippen LogP contribution >= 0.6 is 11.8 Å².